The molecule has 10 heteroatoms. The van der Waals surface area contributed by atoms with Crippen molar-refractivity contribution >= 4 is 33.1 Å². The Morgan fingerprint density at radius 3 is 2.70 bits per heavy atom. The Kier molecular flexibility index (Phi) is 4.04. The quantitative estimate of drug-likeness (QED) is 0.461. The third-order valence-electron chi connectivity index (χ3n) is 5.20. The highest BCUT2D eigenvalue weighted by Crippen LogP contribution is 2.41. The zero-order valence-corrected chi connectivity index (χ0v) is 16.8. The van der Waals surface area contributed by atoms with Crippen molar-refractivity contribution in [3.05, 3.63) is 53.3 Å². The van der Waals surface area contributed by atoms with E-state index in [1.807, 2.05) is 38.4 Å². The Balaban J connectivity index is 1.63. The minimum atomic E-state index is -4.43. The van der Waals surface area contributed by atoms with E-state index in [9.17, 15) is 18.0 Å². The number of aromatic nitrogens is 4. The molecule has 0 radical (unpaired) electrons. The van der Waals surface area contributed by atoms with Gasteiger partial charge in [-0.1, -0.05) is 12.1 Å². The van der Waals surface area contributed by atoms with Crippen molar-refractivity contribution in [1.82, 2.24) is 19.6 Å². The predicted molar refractivity (Wildman–Crippen MR) is 108 cm³/mol. The van der Waals surface area contributed by atoms with Crippen LogP contribution in [0.15, 0.2) is 42.7 Å². The Morgan fingerprint density at radius 2 is 1.97 bits per heavy atom. The van der Waals surface area contributed by atoms with Gasteiger partial charge in [0.05, 0.1) is 22.8 Å². The first-order valence-electron chi connectivity index (χ1n) is 9.23. The second-order valence-corrected chi connectivity index (χ2v) is 8.36. The molecule has 0 unspecified atom stereocenters. The SMILES string of the molecule is C[C@H]1CN(c2ccc(C(F)(F)F)s2)C(=O)c2c(-c3cccc4nn(C)cc34)cnn21. The van der Waals surface area contributed by atoms with Gasteiger partial charge in [0.1, 0.15) is 10.6 Å². The number of anilines is 1. The van der Waals surface area contributed by atoms with Crippen molar-refractivity contribution in [3.8, 4) is 11.1 Å². The van der Waals surface area contributed by atoms with Gasteiger partial charge in [-0.2, -0.15) is 23.4 Å². The number of thiophene rings is 1. The number of hydrogen-bond donors (Lipinski definition) is 0. The van der Waals surface area contributed by atoms with Crippen molar-refractivity contribution in [2.75, 3.05) is 11.4 Å². The van der Waals surface area contributed by atoms with Gasteiger partial charge in [-0.05, 0) is 30.7 Å². The molecule has 1 aliphatic heterocycles. The van der Waals surface area contributed by atoms with Gasteiger partial charge >= 0.3 is 6.18 Å². The summed E-state index contributed by atoms with van der Waals surface area (Å²) in [6.45, 7) is 2.14. The molecule has 154 valence electrons. The van der Waals surface area contributed by atoms with Crippen LogP contribution in [0.4, 0.5) is 18.2 Å². The van der Waals surface area contributed by atoms with Crippen LogP contribution in [-0.4, -0.2) is 32.0 Å². The van der Waals surface area contributed by atoms with Gasteiger partial charge in [0.15, 0.2) is 0 Å². The first-order chi connectivity index (χ1) is 14.2. The average molecular weight is 431 g/mol. The Hall–Kier alpha value is -3.14. The summed E-state index contributed by atoms with van der Waals surface area (Å²) in [6.07, 6.45) is -0.918. The fraction of sp³-hybridized carbons (Fsp3) is 0.250. The minimum Gasteiger partial charge on any atom is -0.296 e. The lowest BCUT2D eigenvalue weighted by molar-refractivity contribution is -0.134. The highest BCUT2D eigenvalue weighted by atomic mass is 32.1. The molecule has 0 aliphatic carbocycles. The zero-order chi connectivity index (χ0) is 21.2. The molecule has 5 rings (SSSR count). The van der Waals surface area contributed by atoms with Crippen LogP contribution >= 0.6 is 11.3 Å². The number of amides is 1. The van der Waals surface area contributed by atoms with Crippen molar-refractivity contribution in [2.45, 2.75) is 19.1 Å². The van der Waals surface area contributed by atoms with Crippen molar-refractivity contribution in [3.63, 3.8) is 0 Å². The summed E-state index contributed by atoms with van der Waals surface area (Å²) < 4.78 is 42.5. The van der Waals surface area contributed by atoms with Gasteiger partial charge in [-0.15, -0.1) is 11.3 Å². The second-order valence-electron chi connectivity index (χ2n) is 7.29. The Morgan fingerprint density at radius 1 is 1.17 bits per heavy atom. The van der Waals surface area contributed by atoms with E-state index in [0.717, 1.165) is 22.5 Å². The number of nitrogens with zero attached hydrogens (tertiary/aromatic N) is 5. The number of hydrogen-bond acceptors (Lipinski definition) is 4. The van der Waals surface area contributed by atoms with E-state index in [2.05, 4.69) is 10.2 Å². The van der Waals surface area contributed by atoms with E-state index in [-0.39, 0.29) is 23.5 Å². The molecule has 0 spiro atoms. The van der Waals surface area contributed by atoms with Gasteiger partial charge in [-0.3, -0.25) is 19.1 Å². The average Bonchev–Trinajstić information content (AvgIpc) is 3.40. The molecule has 4 heterocycles. The molecule has 30 heavy (non-hydrogen) atoms. The monoisotopic (exact) mass is 431 g/mol. The summed E-state index contributed by atoms with van der Waals surface area (Å²) in [5, 5.41) is 9.98. The molecule has 3 aromatic heterocycles. The molecule has 0 bridgehead atoms. The fourth-order valence-corrected chi connectivity index (χ4v) is 4.75. The second kappa shape index (κ2) is 6.43. The molecular formula is C20H16F3N5OS. The molecular weight excluding hydrogens is 415 g/mol. The van der Waals surface area contributed by atoms with Crippen LogP contribution in [0, 0.1) is 0 Å². The number of alkyl halides is 3. The van der Waals surface area contributed by atoms with E-state index in [1.54, 1.807) is 15.6 Å². The topological polar surface area (TPSA) is 56.0 Å². The molecule has 0 N–H and O–H groups in total. The molecule has 0 saturated heterocycles. The molecule has 1 aromatic carbocycles. The maximum atomic E-state index is 13.4. The van der Waals surface area contributed by atoms with Crippen LogP contribution in [-0.2, 0) is 13.2 Å². The summed E-state index contributed by atoms with van der Waals surface area (Å²) in [4.78, 5) is 14.1. The molecule has 1 atom stereocenters. The maximum Gasteiger partial charge on any atom is 0.425 e. The smallest absolute Gasteiger partial charge is 0.296 e. The molecule has 6 nitrogen and oxygen atoms in total. The van der Waals surface area contributed by atoms with E-state index in [0.29, 0.717) is 22.6 Å². The van der Waals surface area contributed by atoms with Gasteiger partial charge in [0.25, 0.3) is 5.91 Å². The van der Waals surface area contributed by atoms with Crippen LogP contribution in [0.3, 0.4) is 0 Å². The normalized spacial score (nSPS) is 17.0. The molecule has 1 amide bonds. The lowest BCUT2D eigenvalue weighted by atomic mass is 10.0. The highest BCUT2D eigenvalue weighted by molar-refractivity contribution is 7.16. The lowest BCUT2D eigenvalue weighted by Gasteiger charge is -2.31. The van der Waals surface area contributed by atoms with E-state index in [4.69, 9.17) is 0 Å². The number of fused-ring (bicyclic) bond motifs is 2. The zero-order valence-electron chi connectivity index (χ0n) is 16.0. The number of halogens is 3. The van der Waals surface area contributed by atoms with Crippen molar-refractivity contribution in [2.24, 2.45) is 7.05 Å². The minimum absolute atomic E-state index is 0.184. The first-order valence-corrected chi connectivity index (χ1v) is 10.0. The first kappa shape index (κ1) is 18.9. The summed E-state index contributed by atoms with van der Waals surface area (Å²) >= 11 is 0.574. The third kappa shape index (κ3) is 2.82. The van der Waals surface area contributed by atoms with Gasteiger partial charge in [0.2, 0.25) is 0 Å². The molecule has 1 aliphatic rings. The molecule has 0 saturated carbocycles. The van der Waals surface area contributed by atoms with Gasteiger partial charge < -0.3 is 0 Å². The van der Waals surface area contributed by atoms with Crippen LogP contribution < -0.4 is 4.90 Å². The van der Waals surface area contributed by atoms with E-state index in [1.165, 1.54) is 11.0 Å². The fourth-order valence-electron chi connectivity index (χ4n) is 3.87. The summed E-state index contributed by atoms with van der Waals surface area (Å²) in [7, 11) is 1.82. The molecule has 0 fully saturated rings. The summed E-state index contributed by atoms with van der Waals surface area (Å²) in [5.74, 6) is -0.364. The number of aryl methyl sites for hydroxylation is 1. The van der Waals surface area contributed by atoms with Crippen LogP contribution in [0.2, 0.25) is 0 Å². The van der Waals surface area contributed by atoms with Gasteiger partial charge in [-0.25, -0.2) is 0 Å². The maximum absolute atomic E-state index is 13.4. The summed E-state index contributed by atoms with van der Waals surface area (Å²) in [5.41, 5.74) is 2.61. The standard InChI is InChI=1S/C20H16F3N5OS/c1-11-9-27(17-7-6-16(30-17)20(21,22)23)19(29)18-13(8-24-28(11)18)12-4-3-5-15-14(12)10-26(2)25-15/h3-8,10-11H,9H2,1-2H3/t11-/m0/s1. The van der Waals surface area contributed by atoms with Crippen LogP contribution in [0.1, 0.15) is 28.3 Å². The number of rotatable bonds is 2. The Bertz CT molecular complexity index is 1290. The number of carbonyl (C=O) groups is 1. The van der Waals surface area contributed by atoms with E-state index < -0.39 is 11.1 Å². The van der Waals surface area contributed by atoms with E-state index >= 15 is 0 Å². The van der Waals surface area contributed by atoms with Gasteiger partial charge in [0, 0.05) is 30.7 Å². The predicted octanol–water partition coefficient (Wildman–Crippen LogP) is 4.74. The number of carbonyl (C=O) groups excluding carboxylic acids is 1. The van der Waals surface area contributed by atoms with Crippen molar-refractivity contribution < 1.29 is 18.0 Å². The van der Waals surface area contributed by atoms with Crippen molar-refractivity contribution in [1.29, 1.82) is 0 Å². The lowest BCUT2D eigenvalue weighted by Crippen LogP contribution is -2.42. The summed E-state index contributed by atoms with van der Waals surface area (Å²) in [6, 6.07) is 7.82. The highest BCUT2D eigenvalue weighted by Gasteiger charge is 2.37. The largest absolute Gasteiger partial charge is 0.425 e. The molecule has 4 aromatic rings. The third-order valence-corrected chi connectivity index (χ3v) is 6.35. The Labute approximate surface area is 173 Å². The van der Waals surface area contributed by atoms with Crippen LogP contribution in [0.5, 0.6) is 0 Å². The van der Waals surface area contributed by atoms with Crippen LogP contribution in [0.25, 0.3) is 22.0 Å². The number of benzene rings is 1.